The molecular formula is C12H23N3O3S2. The molecule has 0 bridgehead atoms. The average Bonchev–Trinajstić information content (AvgIpc) is 2.72. The normalized spacial score (nSPS) is 12.1. The average molecular weight is 321 g/mol. The summed E-state index contributed by atoms with van der Waals surface area (Å²) >= 11 is 1.13. The van der Waals surface area contributed by atoms with Gasteiger partial charge in [-0.1, -0.05) is 6.92 Å². The molecule has 0 amide bonds. The van der Waals surface area contributed by atoms with E-state index in [1.54, 1.807) is 7.11 Å². The van der Waals surface area contributed by atoms with Crippen LogP contribution in [0.2, 0.25) is 0 Å². The fourth-order valence-corrected chi connectivity index (χ4v) is 4.83. The predicted molar refractivity (Wildman–Crippen MR) is 83.2 cm³/mol. The summed E-state index contributed by atoms with van der Waals surface area (Å²) in [7, 11) is -1.77. The van der Waals surface area contributed by atoms with Crippen LogP contribution in [-0.2, 0) is 14.6 Å². The lowest BCUT2D eigenvalue weighted by Gasteiger charge is -2.27. The molecule has 0 aromatic carbocycles. The van der Waals surface area contributed by atoms with Crippen molar-refractivity contribution in [2.75, 3.05) is 36.6 Å². The molecule has 0 saturated heterocycles. The van der Waals surface area contributed by atoms with Crippen molar-refractivity contribution in [2.45, 2.75) is 38.1 Å². The zero-order valence-corrected chi connectivity index (χ0v) is 14.1. The second kappa shape index (κ2) is 7.24. The highest BCUT2D eigenvalue weighted by molar-refractivity contribution is 7.91. The summed E-state index contributed by atoms with van der Waals surface area (Å²) in [6.07, 6.45) is 0.552. The zero-order valence-electron chi connectivity index (χ0n) is 12.4. The molecule has 20 heavy (non-hydrogen) atoms. The molecule has 0 unspecified atom stereocenters. The summed E-state index contributed by atoms with van der Waals surface area (Å²) in [5, 5.41) is 0.614. The van der Waals surface area contributed by atoms with Crippen LogP contribution in [0.3, 0.4) is 0 Å². The van der Waals surface area contributed by atoms with Crippen molar-refractivity contribution in [1.82, 2.24) is 4.37 Å². The molecule has 1 rings (SSSR count). The molecule has 6 nitrogen and oxygen atoms in total. The topological polar surface area (TPSA) is 85.5 Å². The van der Waals surface area contributed by atoms with Crippen molar-refractivity contribution in [2.24, 2.45) is 0 Å². The SMILES string of the molecule is CCCS(=O)(=O)c1c(N)nsc1N(CCOC)C(C)C. The Morgan fingerprint density at radius 3 is 2.60 bits per heavy atom. The van der Waals surface area contributed by atoms with Gasteiger partial charge in [0.15, 0.2) is 15.7 Å². The summed E-state index contributed by atoms with van der Waals surface area (Å²) in [6.45, 7) is 6.95. The summed E-state index contributed by atoms with van der Waals surface area (Å²) in [4.78, 5) is 2.15. The number of nitrogens with zero attached hydrogens (tertiary/aromatic N) is 2. The Morgan fingerprint density at radius 1 is 1.45 bits per heavy atom. The summed E-state index contributed by atoms with van der Waals surface area (Å²) in [5.74, 6) is 0.181. The van der Waals surface area contributed by atoms with E-state index in [4.69, 9.17) is 10.5 Å². The number of aromatic nitrogens is 1. The van der Waals surface area contributed by atoms with Crippen LogP contribution in [0.15, 0.2) is 4.90 Å². The van der Waals surface area contributed by atoms with E-state index in [-0.39, 0.29) is 22.5 Å². The van der Waals surface area contributed by atoms with E-state index in [0.29, 0.717) is 24.6 Å². The van der Waals surface area contributed by atoms with Gasteiger partial charge < -0.3 is 15.4 Å². The van der Waals surface area contributed by atoms with Crippen LogP contribution in [0.4, 0.5) is 10.8 Å². The highest BCUT2D eigenvalue weighted by atomic mass is 32.2. The number of sulfone groups is 1. The van der Waals surface area contributed by atoms with E-state index in [0.717, 1.165) is 11.5 Å². The van der Waals surface area contributed by atoms with Crippen LogP contribution in [0.1, 0.15) is 27.2 Å². The largest absolute Gasteiger partial charge is 0.383 e. The van der Waals surface area contributed by atoms with Crippen LogP contribution in [0.25, 0.3) is 0 Å². The second-order valence-corrected chi connectivity index (χ2v) is 7.60. The monoisotopic (exact) mass is 321 g/mol. The highest BCUT2D eigenvalue weighted by Crippen LogP contribution is 2.36. The van der Waals surface area contributed by atoms with E-state index >= 15 is 0 Å². The first-order valence-corrected chi connectivity index (χ1v) is 9.01. The Hall–Kier alpha value is -0.860. The molecule has 0 radical (unpaired) electrons. The Balaban J connectivity index is 3.24. The number of nitrogen functional groups attached to an aromatic ring is 1. The van der Waals surface area contributed by atoms with Gasteiger partial charge in [-0.3, -0.25) is 0 Å². The maximum absolute atomic E-state index is 12.4. The summed E-state index contributed by atoms with van der Waals surface area (Å²) < 4.78 is 33.8. The molecule has 1 aromatic rings. The van der Waals surface area contributed by atoms with Gasteiger partial charge in [0.25, 0.3) is 0 Å². The van der Waals surface area contributed by atoms with Gasteiger partial charge in [0.1, 0.15) is 9.90 Å². The number of rotatable bonds is 8. The molecular weight excluding hydrogens is 298 g/mol. The van der Waals surface area contributed by atoms with Crippen LogP contribution < -0.4 is 10.6 Å². The van der Waals surface area contributed by atoms with E-state index in [9.17, 15) is 8.42 Å². The first-order chi connectivity index (χ1) is 9.35. The van der Waals surface area contributed by atoms with Crippen molar-refractivity contribution >= 4 is 32.2 Å². The first kappa shape index (κ1) is 17.2. The van der Waals surface area contributed by atoms with Gasteiger partial charge in [0.05, 0.1) is 12.4 Å². The van der Waals surface area contributed by atoms with Crippen molar-refractivity contribution in [3.05, 3.63) is 0 Å². The molecule has 0 aliphatic carbocycles. The second-order valence-electron chi connectivity index (χ2n) is 4.80. The molecule has 1 aromatic heterocycles. The van der Waals surface area contributed by atoms with Gasteiger partial charge in [-0.25, -0.2) is 8.42 Å². The Bertz CT molecular complexity index is 526. The van der Waals surface area contributed by atoms with Gasteiger partial charge in [-0.15, -0.1) is 0 Å². The molecule has 8 heteroatoms. The van der Waals surface area contributed by atoms with E-state index in [1.165, 1.54) is 0 Å². The quantitative estimate of drug-likeness (QED) is 0.785. The number of ether oxygens (including phenoxy) is 1. The minimum Gasteiger partial charge on any atom is -0.383 e. The summed E-state index contributed by atoms with van der Waals surface area (Å²) in [6, 6.07) is 0.139. The molecule has 0 spiro atoms. The van der Waals surface area contributed by atoms with Crippen LogP contribution in [0, 0.1) is 0 Å². The van der Waals surface area contributed by atoms with Crippen LogP contribution in [-0.4, -0.2) is 44.8 Å². The van der Waals surface area contributed by atoms with Crippen LogP contribution >= 0.6 is 11.5 Å². The minimum absolute atomic E-state index is 0.0822. The van der Waals surface area contributed by atoms with Gasteiger partial charge >= 0.3 is 0 Å². The third-order valence-corrected chi connectivity index (χ3v) is 5.86. The molecule has 0 atom stereocenters. The predicted octanol–water partition coefficient (Wildman–Crippen LogP) is 1.77. The van der Waals surface area contributed by atoms with Crippen molar-refractivity contribution in [1.29, 1.82) is 0 Å². The zero-order chi connectivity index (χ0) is 15.3. The molecule has 0 aliphatic rings. The third-order valence-electron chi connectivity index (χ3n) is 2.86. The van der Waals surface area contributed by atoms with Gasteiger partial charge in [-0.05, 0) is 31.8 Å². The standard InChI is InChI=1S/C12H23N3O3S2/c1-5-8-20(16,17)10-11(13)14-19-12(10)15(9(2)3)6-7-18-4/h9H,5-8H2,1-4H3,(H2,13,14). The lowest BCUT2D eigenvalue weighted by molar-refractivity contribution is 0.204. The molecule has 0 fully saturated rings. The van der Waals surface area contributed by atoms with Crippen molar-refractivity contribution in [3.63, 3.8) is 0 Å². The number of hydrogen-bond acceptors (Lipinski definition) is 7. The number of anilines is 2. The fraction of sp³-hybridized carbons (Fsp3) is 0.750. The Morgan fingerprint density at radius 2 is 2.10 bits per heavy atom. The van der Waals surface area contributed by atoms with Gasteiger partial charge in [-0.2, -0.15) is 4.37 Å². The van der Waals surface area contributed by atoms with Crippen LogP contribution in [0.5, 0.6) is 0 Å². The molecule has 2 N–H and O–H groups in total. The number of methoxy groups -OCH3 is 1. The molecule has 0 aliphatic heterocycles. The molecule has 0 saturated carbocycles. The lowest BCUT2D eigenvalue weighted by atomic mass is 10.3. The Labute approximate surface area is 125 Å². The Kier molecular flexibility index (Phi) is 6.22. The number of nitrogens with two attached hydrogens (primary N) is 1. The first-order valence-electron chi connectivity index (χ1n) is 6.58. The third kappa shape index (κ3) is 3.83. The fourth-order valence-electron chi connectivity index (χ4n) is 1.91. The molecule has 116 valence electrons. The van der Waals surface area contributed by atoms with Gasteiger partial charge in [0.2, 0.25) is 0 Å². The smallest absolute Gasteiger partial charge is 0.185 e. The van der Waals surface area contributed by atoms with Crippen molar-refractivity contribution in [3.8, 4) is 0 Å². The van der Waals surface area contributed by atoms with Crippen molar-refractivity contribution < 1.29 is 13.2 Å². The van der Waals surface area contributed by atoms with E-state index < -0.39 is 9.84 Å². The maximum atomic E-state index is 12.4. The van der Waals surface area contributed by atoms with E-state index in [1.807, 2.05) is 25.7 Å². The van der Waals surface area contributed by atoms with E-state index in [2.05, 4.69) is 4.37 Å². The minimum atomic E-state index is -3.39. The maximum Gasteiger partial charge on any atom is 0.185 e. The molecule has 1 heterocycles. The van der Waals surface area contributed by atoms with Gasteiger partial charge in [0, 0.05) is 19.7 Å². The number of hydrogen-bond donors (Lipinski definition) is 1. The highest BCUT2D eigenvalue weighted by Gasteiger charge is 2.28. The summed E-state index contributed by atoms with van der Waals surface area (Å²) in [5.41, 5.74) is 5.79. The lowest BCUT2D eigenvalue weighted by Crippen LogP contribution is -2.34.